The van der Waals surface area contributed by atoms with Crippen LogP contribution in [0.3, 0.4) is 0 Å². The number of aryl methyl sites for hydroxylation is 7. The van der Waals surface area contributed by atoms with Crippen LogP contribution in [0.15, 0.2) is 134 Å². The molecule has 0 radical (unpaired) electrons. The average molecular weight is 721 g/mol. The molecule has 0 amide bonds. The monoisotopic (exact) mass is 721 g/mol. The van der Waals surface area contributed by atoms with Crippen molar-refractivity contribution in [3.05, 3.63) is 196 Å². The second-order valence-electron chi connectivity index (χ2n) is 14.3. The first-order valence-corrected chi connectivity index (χ1v) is 20.0. The summed E-state index contributed by atoms with van der Waals surface area (Å²) in [7, 11) is 0. The van der Waals surface area contributed by atoms with Crippen molar-refractivity contribution in [1.82, 2.24) is 0 Å². The Morgan fingerprint density at radius 1 is 0.500 bits per heavy atom. The summed E-state index contributed by atoms with van der Waals surface area (Å²) in [5.74, 6) is 0. The summed E-state index contributed by atoms with van der Waals surface area (Å²) in [6.07, 6.45) is 5.72. The van der Waals surface area contributed by atoms with Gasteiger partial charge in [0.05, 0.1) is 0 Å². The highest BCUT2D eigenvalue weighted by molar-refractivity contribution is 5.75. The smallest absolute Gasteiger partial charge is 0.0200 e. The zero-order valence-electron chi connectivity index (χ0n) is 36.6. The van der Waals surface area contributed by atoms with Gasteiger partial charge >= 0.3 is 0 Å². The molecule has 288 valence electrons. The molecule has 0 saturated heterocycles. The molecule has 0 aromatic heterocycles. The lowest BCUT2D eigenvalue weighted by molar-refractivity contribution is 0.514. The van der Waals surface area contributed by atoms with Crippen LogP contribution in [0.1, 0.15) is 129 Å². The third-order valence-electron chi connectivity index (χ3n) is 9.69. The second kappa shape index (κ2) is 24.6. The number of hydrogen-bond donors (Lipinski definition) is 0. The molecule has 0 bridgehead atoms. The molecule has 0 aliphatic carbocycles. The number of hydrogen-bond acceptors (Lipinski definition) is 0. The predicted octanol–water partition coefficient (Wildman–Crippen LogP) is 16.5. The van der Waals surface area contributed by atoms with Crippen molar-refractivity contribution in [3.8, 4) is 0 Å². The van der Waals surface area contributed by atoms with E-state index in [0.717, 1.165) is 30.4 Å². The fourth-order valence-electron chi connectivity index (χ4n) is 7.60. The van der Waals surface area contributed by atoms with Gasteiger partial charge in [0, 0.05) is 5.41 Å². The minimum absolute atomic E-state index is 0.110. The first-order valence-electron chi connectivity index (χ1n) is 20.0. The van der Waals surface area contributed by atoms with E-state index in [9.17, 15) is 0 Å². The van der Waals surface area contributed by atoms with Crippen molar-refractivity contribution < 1.29 is 0 Å². The number of rotatable bonds is 8. The molecule has 0 saturated carbocycles. The van der Waals surface area contributed by atoms with Gasteiger partial charge in [-0.15, -0.1) is 0 Å². The molecule has 54 heavy (non-hydrogen) atoms. The maximum Gasteiger partial charge on any atom is 0.0200 e. The Morgan fingerprint density at radius 3 is 1.11 bits per heavy atom. The molecule has 5 aromatic carbocycles. The van der Waals surface area contributed by atoms with E-state index < -0.39 is 0 Å². The van der Waals surface area contributed by atoms with Crippen molar-refractivity contribution in [1.29, 1.82) is 0 Å². The van der Waals surface area contributed by atoms with E-state index >= 15 is 0 Å². The molecule has 0 N–H and O–H groups in total. The van der Waals surface area contributed by atoms with E-state index in [1.54, 1.807) is 0 Å². The average Bonchev–Trinajstić information content (AvgIpc) is 3.13. The van der Waals surface area contributed by atoms with E-state index in [2.05, 4.69) is 199 Å². The molecule has 0 unspecified atom stereocenters. The standard InChI is InChI=1S/C21H26.2C12H16.C7H8.C2H6/c1-4-13-20(18-14-9-7-10-15-18)21(5-2,6-3)19-16-11-8-12-17-19;2*1-8(2)12-10(4)6-9(3)7-11(12)5;1-7-5-3-2-4-6-7;1-2/h7-17H,4-6H2,1-3H3;2*6-7H,1H2,2-5H3;2-6H,1H3;1-2H3/b20-13-;;;;. The van der Waals surface area contributed by atoms with Crippen LogP contribution in [0.4, 0.5) is 0 Å². The van der Waals surface area contributed by atoms with Crippen molar-refractivity contribution in [2.75, 3.05) is 0 Å². The highest BCUT2D eigenvalue weighted by Crippen LogP contribution is 2.44. The molecule has 0 heterocycles. The normalized spacial score (nSPS) is 10.5. The van der Waals surface area contributed by atoms with Crippen LogP contribution < -0.4 is 0 Å². The molecule has 0 fully saturated rings. The highest BCUT2D eigenvalue weighted by atomic mass is 14.4. The zero-order valence-corrected chi connectivity index (χ0v) is 36.6. The van der Waals surface area contributed by atoms with Gasteiger partial charge in [-0.1, -0.05) is 197 Å². The molecule has 0 spiro atoms. The van der Waals surface area contributed by atoms with Crippen LogP contribution >= 0.6 is 0 Å². The molecular weight excluding hydrogens is 649 g/mol. The van der Waals surface area contributed by atoms with Gasteiger partial charge in [0.2, 0.25) is 0 Å². The summed E-state index contributed by atoms with van der Waals surface area (Å²) < 4.78 is 0. The van der Waals surface area contributed by atoms with E-state index in [4.69, 9.17) is 0 Å². The van der Waals surface area contributed by atoms with Crippen molar-refractivity contribution >= 4 is 16.7 Å². The lowest BCUT2D eigenvalue weighted by atomic mass is 9.68. The van der Waals surface area contributed by atoms with Gasteiger partial charge in [-0.2, -0.15) is 0 Å². The zero-order chi connectivity index (χ0) is 40.8. The minimum Gasteiger partial charge on any atom is -0.0955 e. The van der Waals surface area contributed by atoms with Gasteiger partial charge in [-0.05, 0) is 132 Å². The topological polar surface area (TPSA) is 0 Å². The van der Waals surface area contributed by atoms with Crippen molar-refractivity contribution in [2.24, 2.45) is 0 Å². The highest BCUT2D eigenvalue weighted by Gasteiger charge is 2.33. The lowest BCUT2D eigenvalue weighted by Gasteiger charge is -2.36. The van der Waals surface area contributed by atoms with Crippen LogP contribution in [0.2, 0.25) is 0 Å². The summed E-state index contributed by atoms with van der Waals surface area (Å²) in [4.78, 5) is 0. The van der Waals surface area contributed by atoms with Gasteiger partial charge in [0.1, 0.15) is 0 Å². The fourth-order valence-corrected chi connectivity index (χ4v) is 7.60. The maximum atomic E-state index is 3.98. The first-order chi connectivity index (χ1) is 25.7. The number of benzene rings is 5. The summed E-state index contributed by atoms with van der Waals surface area (Å²) in [6.45, 7) is 37.8. The maximum absolute atomic E-state index is 3.98. The quantitative estimate of drug-likeness (QED) is 0.150. The van der Waals surface area contributed by atoms with E-state index in [1.807, 2.05) is 32.0 Å². The van der Waals surface area contributed by atoms with Gasteiger partial charge in [-0.3, -0.25) is 0 Å². The number of allylic oxidation sites excluding steroid dienone is 4. The molecule has 0 aliphatic rings. The fraction of sp³-hybridized carbons (Fsp3) is 0.333. The van der Waals surface area contributed by atoms with Gasteiger partial charge in [-0.25, -0.2) is 0 Å². The minimum atomic E-state index is 0.110. The summed E-state index contributed by atoms with van der Waals surface area (Å²) in [6, 6.07) is 40.9. The molecule has 0 aliphatic heterocycles. The Bertz CT molecular complexity index is 1750. The lowest BCUT2D eigenvalue weighted by Crippen LogP contribution is -2.26. The molecular formula is C54H72. The van der Waals surface area contributed by atoms with Crippen LogP contribution in [-0.2, 0) is 5.41 Å². The molecule has 0 atom stereocenters. The van der Waals surface area contributed by atoms with Gasteiger partial charge in [0.15, 0.2) is 0 Å². The summed E-state index contributed by atoms with van der Waals surface area (Å²) in [5, 5.41) is 0. The molecule has 5 aromatic rings. The van der Waals surface area contributed by atoms with E-state index in [-0.39, 0.29) is 5.41 Å². The van der Waals surface area contributed by atoms with Crippen molar-refractivity contribution in [2.45, 2.75) is 122 Å². The third kappa shape index (κ3) is 14.3. The Hall–Kier alpha value is -4.68. The Labute approximate surface area is 332 Å². The van der Waals surface area contributed by atoms with Crippen LogP contribution in [-0.4, -0.2) is 0 Å². The largest absolute Gasteiger partial charge is 0.0955 e. The molecule has 0 heteroatoms. The van der Waals surface area contributed by atoms with Gasteiger partial charge in [0.25, 0.3) is 0 Å². The summed E-state index contributed by atoms with van der Waals surface area (Å²) in [5.41, 5.74) is 18.6. The Kier molecular flexibility index (Phi) is 21.6. The molecule has 5 rings (SSSR count). The summed E-state index contributed by atoms with van der Waals surface area (Å²) >= 11 is 0. The second-order valence-corrected chi connectivity index (χ2v) is 14.3. The third-order valence-corrected chi connectivity index (χ3v) is 9.69. The molecule has 0 nitrogen and oxygen atoms in total. The first kappa shape index (κ1) is 47.3. The van der Waals surface area contributed by atoms with Gasteiger partial charge < -0.3 is 0 Å². The Balaban J connectivity index is 0.000000380. The van der Waals surface area contributed by atoms with Crippen LogP contribution in [0, 0.1) is 48.5 Å². The predicted molar refractivity (Wildman–Crippen MR) is 247 cm³/mol. The Morgan fingerprint density at radius 2 is 0.833 bits per heavy atom. The van der Waals surface area contributed by atoms with Crippen LogP contribution in [0.25, 0.3) is 16.7 Å². The van der Waals surface area contributed by atoms with Crippen molar-refractivity contribution in [3.63, 3.8) is 0 Å². The van der Waals surface area contributed by atoms with E-state index in [1.165, 1.54) is 66.8 Å². The van der Waals surface area contributed by atoms with E-state index in [0.29, 0.717) is 0 Å². The SMILES string of the molecule is C=C(C)c1c(C)cc(C)cc1C.C=C(C)c1c(C)cc(C)cc1C.CC.CC/C=C(/c1ccccc1)C(CC)(CC)c1ccccc1.Cc1ccccc1. The van der Waals surface area contributed by atoms with Crippen LogP contribution in [0.5, 0.6) is 0 Å².